The van der Waals surface area contributed by atoms with Crippen LogP contribution < -0.4 is 5.32 Å². The monoisotopic (exact) mass is 225 g/mol. The number of likely N-dealkylation sites (N-methyl/N-ethyl adjacent to an activating group) is 1. The predicted octanol–water partition coefficient (Wildman–Crippen LogP) is 1.01. The lowest BCUT2D eigenvalue weighted by Crippen LogP contribution is -2.49. The lowest BCUT2D eigenvalue weighted by atomic mass is 9.91. The highest BCUT2D eigenvalue weighted by atomic mass is 15.2. The largest absolute Gasteiger partial charge is 0.314 e. The van der Waals surface area contributed by atoms with E-state index in [-0.39, 0.29) is 0 Å². The van der Waals surface area contributed by atoms with Gasteiger partial charge in [-0.15, -0.1) is 0 Å². The Balaban J connectivity index is 1.69. The molecule has 1 N–H and O–H groups in total. The Morgan fingerprint density at radius 1 is 1.19 bits per heavy atom. The summed E-state index contributed by atoms with van der Waals surface area (Å²) in [5.41, 5.74) is 0. The molecule has 2 heterocycles. The predicted molar refractivity (Wildman–Crippen MR) is 68.7 cm³/mol. The fraction of sp³-hybridized carbons (Fsp3) is 1.00. The Kier molecular flexibility index (Phi) is 4.62. The SMILES string of the molecule is CN1CCCC(CCC2CNCCN2C)C1. The van der Waals surface area contributed by atoms with Crippen LogP contribution in [0, 0.1) is 5.92 Å². The van der Waals surface area contributed by atoms with Gasteiger partial charge in [0, 0.05) is 32.2 Å². The minimum Gasteiger partial charge on any atom is -0.314 e. The molecule has 3 nitrogen and oxygen atoms in total. The van der Waals surface area contributed by atoms with Gasteiger partial charge in [-0.3, -0.25) is 0 Å². The van der Waals surface area contributed by atoms with Crippen molar-refractivity contribution in [2.75, 3.05) is 46.8 Å². The van der Waals surface area contributed by atoms with Gasteiger partial charge in [0.25, 0.3) is 0 Å². The van der Waals surface area contributed by atoms with E-state index in [1.165, 1.54) is 58.4 Å². The lowest BCUT2D eigenvalue weighted by molar-refractivity contribution is 0.157. The van der Waals surface area contributed by atoms with Crippen molar-refractivity contribution in [1.82, 2.24) is 15.1 Å². The van der Waals surface area contributed by atoms with E-state index < -0.39 is 0 Å². The third-order valence-electron chi connectivity index (χ3n) is 4.27. The van der Waals surface area contributed by atoms with Crippen molar-refractivity contribution in [3.05, 3.63) is 0 Å². The van der Waals surface area contributed by atoms with Crippen molar-refractivity contribution in [2.45, 2.75) is 31.7 Å². The molecule has 0 aromatic rings. The number of hydrogen-bond acceptors (Lipinski definition) is 3. The normalized spacial score (nSPS) is 34.1. The minimum absolute atomic E-state index is 0.779. The van der Waals surface area contributed by atoms with Crippen molar-refractivity contribution in [3.63, 3.8) is 0 Å². The summed E-state index contributed by atoms with van der Waals surface area (Å²) in [6.07, 6.45) is 5.65. The van der Waals surface area contributed by atoms with Crippen LogP contribution in [-0.2, 0) is 0 Å². The van der Waals surface area contributed by atoms with E-state index in [4.69, 9.17) is 0 Å². The van der Waals surface area contributed by atoms with Gasteiger partial charge in [0.15, 0.2) is 0 Å². The molecule has 0 bridgehead atoms. The van der Waals surface area contributed by atoms with Gasteiger partial charge in [-0.25, -0.2) is 0 Å². The maximum Gasteiger partial charge on any atom is 0.0218 e. The quantitative estimate of drug-likeness (QED) is 0.773. The van der Waals surface area contributed by atoms with Crippen molar-refractivity contribution in [2.24, 2.45) is 5.92 Å². The average molecular weight is 225 g/mol. The maximum absolute atomic E-state index is 3.51. The summed E-state index contributed by atoms with van der Waals surface area (Å²) >= 11 is 0. The van der Waals surface area contributed by atoms with E-state index in [9.17, 15) is 0 Å². The first kappa shape index (κ1) is 12.3. The van der Waals surface area contributed by atoms with Crippen LogP contribution in [0.4, 0.5) is 0 Å². The molecule has 0 saturated carbocycles. The summed E-state index contributed by atoms with van der Waals surface area (Å²) in [7, 11) is 4.54. The smallest absolute Gasteiger partial charge is 0.0218 e. The number of piperazine rings is 1. The average Bonchev–Trinajstić information content (AvgIpc) is 2.28. The van der Waals surface area contributed by atoms with E-state index in [0.717, 1.165) is 12.0 Å². The van der Waals surface area contributed by atoms with Gasteiger partial charge in [0.1, 0.15) is 0 Å². The van der Waals surface area contributed by atoms with Gasteiger partial charge in [0.2, 0.25) is 0 Å². The summed E-state index contributed by atoms with van der Waals surface area (Å²) in [5.74, 6) is 0.953. The van der Waals surface area contributed by atoms with E-state index >= 15 is 0 Å². The number of likely N-dealkylation sites (tertiary alicyclic amines) is 1. The topological polar surface area (TPSA) is 18.5 Å². The van der Waals surface area contributed by atoms with E-state index in [2.05, 4.69) is 29.2 Å². The molecule has 0 radical (unpaired) electrons. The summed E-state index contributed by atoms with van der Waals surface area (Å²) in [6.45, 7) is 6.21. The highest BCUT2D eigenvalue weighted by Crippen LogP contribution is 2.21. The number of nitrogens with zero attached hydrogens (tertiary/aromatic N) is 2. The Labute approximate surface area is 100 Å². The number of hydrogen-bond donors (Lipinski definition) is 1. The molecule has 2 rings (SSSR count). The van der Waals surface area contributed by atoms with Crippen molar-refractivity contribution < 1.29 is 0 Å². The summed E-state index contributed by atoms with van der Waals surface area (Å²) in [4.78, 5) is 5.03. The Morgan fingerprint density at radius 3 is 2.81 bits per heavy atom. The first-order valence-corrected chi connectivity index (χ1v) is 6.85. The molecule has 3 heteroatoms. The van der Waals surface area contributed by atoms with Gasteiger partial charge < -0.3 is 15.1 Å². The Hall–Kier alpha value is -0.120. The molecular formula is C13H27N3. The summed E-state index contributed by atoms with van der Waals surface area (Å²) in [6, 6.07) is 0.779. The molecule has 2 aliphatic rings. The zero-order valence-corrected chi connectivity index (χ0v) is 10.9. The van der Waals surface area contributed by atoms with Crippen LogP contribution in [0.5, 0.6) is 0 Å². The fourth-order valence-corrected chi connectivity index (χ4v) is 3.12. The standard InChI is InChI=1S/C13H27N3/c1-15-8-3-4-12(11-15)5-6-13-10-14-7-9-16(13)2/h12-14H,3-11H2,1-2H3. The molecule has 2 atom stereocenters. The first-order valence-electron chi connectivity index (χ1n) is 6.85. The third kappa shape index (κ3) is 3.44. The number of rotatable bonds is 3. The zero-order chi connectivity index (χ0) is 11.4. The van der Waals surface area contributed by atoms with Crippen LogP contribution in [0.25, 0.3) is 0 Å². The molecule has 2 aliphatic heterocycles. The highest BCUT2D eigenvalue weighted by molar-refractivity contribution is 4.79. The molecule has 94 valence electrons. The van der Waals surface area contributed by atoms with Crippen LogP contribution in [0.1, 0.15) is 25.7 Å². The molecule has 2 unspecified atom stereocenters. The molecule has 0 amide bonds. The van der Waals surface area contributed by atoms with Crippen LogP contribution in [-0.4, -0.2) is 62.7 Å². The Morgan fingerprint density at radius 2 is 2.06 bits per heavy atom. The maximum atomic E-state index is 3.51. The van der Waals surface area contributed by atoms with Crippen LogP contribution in [0.15, 0.2) is 0 Å². The van der Waals surface area contributed by atoms with Gasteiger partial charge in [-0.2, -0.15) is 0 Å². The van der Waals surface area contributed by atoms with Gasteiger partial charge in [0.05, 0.1) is 0 Å². The molecule has 0 aromatic carbocycles. The van der Waals surface area contributed by atoms with Crippen molar-refractivity contribution in [1.29, 1.82) is 0 Å². The third-order valence-corrected chi connectivity index (χ3v) is 4.27. The Bertz CT molecular complexity index is 207. The van der Waals surface area contributed by atoms with E-state index in [1.807, 2.05) is 0 Å². The summed E-state index contributed by atoms with van der Waals surface area (Å²) in [5, 5.41) is 3.51. The molecule has 0 aromatic heterocycles. The number of piperidine rings is 1. The molecule has 16 heavy (non-hydrogen) atoms. The van der Waals surface area contributed by atoms with Crippen molar-refractivity contribution in [3.8, 4) is 0 Å². The second kappa shape index (κ2) is 5.99. The second-order valence-corrected chi connectivity index (χ2v) is 5.69. The van der Waals surface area contributed by atoms with Crippen LogP contribution in [0.2, 0.25) is 0 Å². The summed E-state index contributed by atoms with van der Waals surface area (Å²) < 4.78 is 0. The second-order valence-electron chi connectivity index (χ2n) is 5.69. The zero-order valence-electron chi connectivity index (χ0n) is 10.9. The highest BCUT2D eigenvalue weighted by Gasteiger charge is 2.22. The number of nitrogens with one attached hydrogen (secondary N) is 1. The molecule has 0 aliphatic carbocycles. The lowest BCUT2D eigenvalue weighted by Gasteiger charge is -2.35. The van der Waals surface area contributed by atoms with Gasteiger partial charge in [-0.1, -0.05) is 0 Å². The van der Waals surface area contributed by atoms with Crippen molar-refractivity contribution >= 4 is 0 Å². The molecule has 2 fully saturated rings. The van der Waals surface area contributed by atoms with Crippen LogP contribution >= 0.6 is 0 Å². The van der Waals surface area contributed by atoms with Gasteiger partial charge >= 0.3 is 0 Å². The first-order chi connectivity index (χ1) is 7.75. The molecule has 0 spiro atoms. The fourth-order valence-electron chi connectivity index (χ4n) is 3.12. The van der Waals surface area contributed by atoms with Gasteiger partial charge in [-0.05, 0) is 52.2 Å². The van der Waals surface area contributed by atoms with E-state index in [0.29, 0.717) is 0 Å². The van der Waals surface area contributed by atoms with Crippen LogP contribution in [0.3, 0.4) is 0 Å². The molecular weight excluding hydrogens is 198 g/mol. The van der Waals surface area contributed by atoms with E-state index in [1.54, 1.807) is 0 Å². The minimum atomic E-state index is 0.779. The molecule has 2 saturated heterocycles.